The molecule has 0 saturated heterocycles. The molecule has 0 fully saturated rings. The van der Waals surface area contributed by atoms with Crippen molar-refractivity contribution in [1.29, 1.82) is 0 Å². The number of nitrogens with one attached hydrogen (secondary N) is 1. The van der Waals surface area contributed by atoms with Crippen LogP contribution in [0.15, 0.2) is 24.3 Å². The van der Waals surface area contributed by atoms with Gasteiger partial charge in [-0.2, -0.15) is 0 Å². The van der Waals surface area contributed by atoms with Crippen LogP contribution in [0.4, 0.5) is 4.39 Å². The molecular weight excluding hydrogens is 245 g/mol. The first kappa shape index (κ1) is 15.6. The van der Waals surface area contributed by atoms with Gasteiger partial charge in [-0.1, -0.05) is 32.0 Å². The van der Waals surface area contributed by atoms with Crippen molar-refractivity contribution in [3.8, 4) is 0 Å². The van der Waals surface area contributed by atoms with E-state index in [1.165, 1.54) is 6.07 Å². The molecule has 0 bridgehead atoms. The average molecular weight is 267 g/mol. The van der Waals surface area contributed by atoms with Gasteiger partial charge in [0.05, 0.1) is 6.42 Å². The lowest BCUT2D eigenvalue weighted by molar-refractivity contribution is -0.120. The molecule has 0 aliphatic heterocycles. The highest BCUT2D eigenvalue weighted by atomic mass is 19.1. The highest BCUT2D eigenvalue weighted by Crippen LogP contribution is 2.20. The summed E-state index contributed by atoms with van der Waals surface area (Å²) in [4.78, 5) is 11.6. The molecule has 1 amide bonds. The van der Waals surface area contributed by atoms with Gasteiger partial charge in [0.15, 0.2) is 0 Å². The number of carbonyl (C=O) groups excluding carboxylic acids is 1. The standard InChI is InChI=1S/C15H22FNO2/c1-15(2,11-18)8-5-9-17-14(19)10-12-6-3-4-7-13(12)16/h3-4,6-7,18H,5,8-11H2,1-2H3,(H,17,19). The molecule has 106 valence electrons. The average Bonchev–Trinajstić information content (AvgIpc) is 2.38. The first-order valence-electron chi connectivity index (χ1n) is 6.55. The fourth-order valence-corrected chi connectivity index (χ4v) is 1.75. The summed E-state index contributed by atoms with van der Waals surface area (Å²) in [5.41, 5.74) is 0.298. The van der Waals surface area contributed by atoms with Crippen molar-refractivity contribution in [3.63, 3.8) is 0 Å². The second-order valence-corrected chi connectivity index (χ2v) is 5.54. The largest absolute Gasteiger partial charge is 0.396 e. The number of rotatable bonds is 7. The Morgan fingerprint density at radius 3 is 2.68 bits per heavy atom. The van der Waals surface area contributed by atoms with E-state index in [0.717, 1.165) is 12.8 Å². The molecule has 0 aliphatic rings. The number of hydrogen-bond acceptors (Lipinski definition) is 2. The Balaban J connectivity index is 2.28. The van der Waals surface area contributed by atoms with Gasteiger partial charge in [0.25, 0.3) is 0 Å². The van der Waals surface area contributed by atoms with Crippen molar-refractivity contribution in [3.05, 3.63) is 35.6 Å². The molecule has 1 aromatic rings. The Hall–Kier alpha value is -1.42. The summed E-state index contributed by atoms with van der Waals surface area (Å²) >= 11 is 0. The molecule has 0 atom stereocenters. The maximum Gasteiger partial charge on any atom is 0.224 e. The maximum absolute atomic E-state index is 13.3. The predicted molar refractivity (Wildman–Crippen MR) is 73.2 cm³/mol. The van der Waals surface area contributed by atoms with Gasteiger partial charge in [-0.15, -0.1) is 0 Å². The first-order valence-corrected chi connectivity index (χ1v) is 6.55. The van der Waals surface area contributed by atoms with E-state index in [1.807, 2.05) is 13.8 Å². The topological polar surface area (TPSA) is 49.3 Å². The maximum atomic E-state index is 13.3. The van der Waals surface area contributed by atoms with E-state index in [4.69, 9.17) is 5.11 Å². The monoisotopic (exact) mass is 267 g/mol. The molecule has 0 spiro atoms. The van der Waals surface area contributed by atoms with Gasteiger partial charge < -0.3 is 10.4 Å². The molecule has 0 aliphatic carbocycles. The van der Waals surface area contributed by atoms with Gasteiger partial charge in [-0.25, -0.2) is 4.39 Å². The van der Waals surface area contributed by atoms with E-state index in [2.05, 4.69) is 5.32 Å². The minimum Gasteiger partial charge on any atom is -0.396 e. The number of halogens is 1. The number of aliphatic hydroxyl groups excluding tert-OH is 1. The molecule has 1 aromatic carbocycles. The summed E-state index contributed by atoms with van der Waals surface area (Å²) in [6.07, 6.45) is 1.70. The molecule has 0 aromatic heterocycles. The van der Waals surface area contributed by atoms with Crippen molar-refractivity contribution in [2.75, 3.05) is 13.2 Å². The van der Waals surface area contributed by atoms with Gasteiger partial charge in [0.1, 0.15) is 5.82 Å². The Labute approximate surface area is 113 Å². The quantitative estimate of drug-likeness (QED) is 0.745. The van der Waals surface area contributed by atoms with Crippen molar-refractivity contribution in [2.45, 2.75) is 33.1 Å². The van der Waals surface area contributed by atoms with Crippen LogP contribution in [0.3, 0.4) is 0 Å². The fraction of sp³-hybridized carbons (Fsp3) is 0.533. The van der Waals surface area contributed by atoms with Gasteiger partial charge in [0.2, 0.25) is 5.91 Å². The first-order chi connectivity index (χ1) is 8.94. The number of benzene rings is 1. The zero-order chi connectivity index (χ0) is 14.3. The van der Waals surface area contributed by atoms with E-state index < -0.39 is 0 Å². The van der Waals surface area contributed by atoms with E-state index >= 15 is 0 Å². The minimum absolute atomic E-state index is 0.0655. The van der Waals surface area contributed by atoms with Crippen molar-refractivity contribution in [1.82, 2.24) is 5.32 Å². The molecule has 0 radical (unpaired) electrons. The number of carbonyl (C=O) groups is 1. The third-order valence-corrected chi connectivity index (χ3v) is 3.09. The summed E-state index contributed by atoms with van der Waals surface area (Å²) in [7, 11) is 0. The van der Waals surface area contributed by atoms with Gasteiger partial charge in [-0.3, -0.25) is 4.79 Å². The highest BCUT2D eigenvalue weighted by Gasteiger charge is 2.15. The molecule has 4 heteroatoms. The van der Waals surface area contributed by atoms with Crippen LogP contribution in [0.25, 0.3) is 0 Å². The number of amides is 1. The van der Waals surface area contributed by atoms with E-state index in [-0.39, 0.29) is 30.2 Å². The Bertz CT molecular complexity index is 418. The zero-order valence-electron chi connectivity index (χ0n) is 11.6. The predicted octanol–water partition coefficient (Wildman–Crippen LogP) is 2.28. The van der Waals surface area contributed by atoms with Crippen LogP contribution in [0, 0.1) is 11.2 Å². The molecule has 3 nitrogen and oxygen atoms in total. The molecule has 19 heavy (non-hydrogen) atoms. The van der Waals surface area contributed by atoms with Crippen LogP contribution >= 0.6 is 0 Å². The minimum atomic E-state index is -0.348. The van der Waals surface area contributed by atoms with Crippen LogP contribution < -0.4 is 5.32 Å². The van der Waals surface area contributed by atoms with Gasteiger partial charge in [-0.05, 0) is 29.9 Å². The Morgan fingerprint density at radius 1 is 1.37 bits per heavy atom. The SMILES string of the molecule is CC(C)(CO)CCCNC(=O)Cc1ccccc1F. The van der Waals surface area contributed by atoms with Crippen molar-refractivity contribution in [2.24, 2.45) is 5.41 Å². The van der Waals surface area contributed by atoms with Crippen molar-refractivity contribution < 1.29 is 14.3 Å². The third kappa shape index (κ3) is 5.83. The summed E-state index contributed by atoms with van der Waals surface area (Å²) in [5.74, 6) is -0.522. The van der Waals surface area contributed by atoms with Crippen LogP contribution in [0.5, 0.6) is 0 Å². The van der Waals surface area contributed by atoms with Crippen molar-refractivity contribution >= 4 is 5.91 Å². The summed E-state index contributed by atoms with van der Waals surface area (Å²) in [5, 5.41) is 11.9. The number of hydrogen-bond donors (Lipinski definition) is 2. The normalized spacial score (nSPS) is 11.4. The smallest absolute Gasteiger partial charge is 0.224 e. The molecular formula is C15H22FNO2. The van der Waals surface area contributed by atoms with Crippen LogP contribution in [0.2, 0.25) is 0 Å². The Kier molecular flexibility index (Phi) is 5.96. The Morgan fingerprint density at radius 2 is 2.05 bits per heavy atom. The van der Waals surface area contributed by atoms with E-state index in [0.29, 0.717) is 12.1 Å². The molecule has 0 saturated carbocycles. The summed E-state index contributed by atoms with van der Waals surface area (Å²) in [6, 6.07) is 6.29. The second-order valence-electron chi connectivity index (χ2n) is 5.54. The van der Waals surface area contributed by atoms with E-state index in [1.54, 1.807) is 18.2 Å². The fourth-order valence-electron chi connectivity index (χ4n) is 1.75. The van der Waals surface area contributed by atoms with Crippen LogP contribution in [-0.4, -0.2) is 24.2 Å². The summed E-state index contributed by atoms with van der Waals surface area (Å²) in [6.45, 7) is 4.65. The third-order valence-electron chi connectivity index (χ3n) is 3.09. The number of aliphatic hydroxyl groups is 1. The molecule has 0 heterocycles. The molecule has 0 unspecified atom stereocenters. The highest BCUT2D eigenvalue weighted by molar-refractivity contribution is 5.78. The lowest BCUT2D eigenvalue weighted by atomic mass is 9.89. The van der Waals surface area contributed by atoms with Gasteiger partial charge in [0, 0.05) is 13.2 Å². The molecule has 1 rings (SSSR count). The van der Waals surface area contributed by atoms with Gasteiger partial charge >= 0.3 is 0 Å². The van der Waals surface area contributed by atoms with Crippen LogP contribution in [0.1, 0.15) is 32.3 Å². The lowest BCUT2D eigenvalue weighted by Crippen LogP contribution is -2.28. The zero-order valence-corrected chi connectivity index (χ0v) is 11.6. The molecule has 2 N–H and O–H groups in total. The van der Waals surface area contributed by atoms with Crippen LogP contribution in [-0.2, 0) is 11.2 Å². The second kappa shape index (κ2) is 7.24. The van der Waals surface area contributed by atoms with E-state index in [9.17, 15) is 9.18 Å². The lowest BCUT2D eigenvalue weighted by Gasteiger charge is -2.21. The summed E-state index contributed by atoms with van der Waals surface area (Å²) < 4.78 is 13.3.